The molecule has 4 heteroatoms. The van der Waals surface area contributed by atoms with Crippen LogP contribution >= 0.6 is 11.6 Å². The molecule has 0 spiro atoms. The Morgan fingerprint density at radius 1 is 1.45 bits per heavy atom. The van der Waals surface area contributed by atoms with Gasteiger partial charge in [0.25, 0.3) is 0 Å². The fourth-order valence-corrected chi connectivity index (χ4v) is 3.06. The first kappa shape index (κ1) is 15.6. The number of hydrogen-bond acceptors (Lipinski definition) is 3. The summed E-state index contributed by atoms with van der Waals surface area (Å²) in [4.78, 5) is 6.94. The van der Waals surface area contributed by atoms with E-state index < -0.39 is 0 Å². The number of nitrogens with zero attached hydrogens (tertiary/aromatic N) is 2. The monoisotopic (exact) mass is 295 g/mol. The molecule has 1 N–H and O–H groups in total. The van der Waals surface area contributed by atoms with Crippen molar-refractivity contribution in [2.45, 2.75) is 52.6 Å². The van der Waals surface area contributed by atoms with Crippen molar-refractivity contribution < 1.29 is 0 Å². The number of halogens is 1. The molecule has 1 aliphatic heterocycles. The lowest BCUT2D eigenvalue weighted by atomic mass is 10.0. The van der Waals surface area contributed by atoms with Crippen LogP contribution in [-0.2, 0) is 6.54 Å². The van der Waals surface area contributed by atoms with Crippen molar-refractivity contribution in [2.24, 2.45) is 5.92 Å². The fraction of sp³-hybridized carbons (Fsp3) is 0.688. The third-order valence-corrected chi connectivity index (χ3v) is 4.19. The minimum atomic E-state index is 0.161. The van der Waals surface area contributed by atoms with Crippen LogP contribution < -0.4 is 10.2 Å². The highest BCUT2D eigenvalue weighted by Gasteiger charge is 2.33. The molecule has 1 saturated heterocycles. The lowest BCUT2D eigenvalue weighted by Gasteiger charge is -2.33. The Hall–Kier alpha value is -0.800. The third-order valence-electron chi connectivity index (χ3n) is 3.92. The van der Waals surface area contributed by atoms with E-state index in [1.165, 1.54) is 12.8 Å². The summed E-state index contributed by atoms with van der Waals surface area (Å²) in [6.07, 6.45) is 4.36. The summed E-state index contributed by atoms with van der Waals surface area (Å²) in [7, 11) is 0. The number of nitrogens with one attached hydrogen (secondary N) is 1. The second kappa shape index (κ2) is 6.31. The molecule has 0 bridgehead atoms. The first-order valence-electron chi connectivity index (χ1n) is 7.53. The second-order valence-electron chi connectivity index (χ2n) is 6.74. The van der Waals surface area contributed by atoms with Crippen molar-refractivity contribution >= 4 is 17.4 Å². The number of hydrogen-bond donors (Lipinski definition) is 1. The topological polar surface area (TPSA) is 28.2 Å². The highest BCUT2D eigenvalue weighted by molar-refractivity contribution is 6.33. The number of rotatable bonds is 5. The molecule has 2 rings (SSSR count). The molecule has 0 amide bonds. The van der Waals surface area contributed by atoms with E-state index in [1.54, 1.807) is 0 Å². The quantitative estimate of drug-likeness (QED) is 0.894. The van der Waals surface area contributed by atoms with Gasteiger partial charge in [-0.15, -0.1) is 0 Å². The number of pyridine rings is 1. The lowest BCUT2D eigenvalue weighted by Crippen LogP contribution is -2.38. The summed E-state index contributed by atoms with van der Waals surface area (Å²) in [5, 5.41) is 4.19. The maximum atomic E-state index is 6.45. The summed E-state index contributed by atoms with van der Waals surface area (Å²) < 4.78 is 0. The van der Waals surface area contributed by atoms with Gasteiger partial charge in [0, 0.05) is 24.8 Å². The summed E-state index contributed by atoms with van der Waals surface area (Å²) >= 11 is 6.45. The first-order chi connectivity index (χ1) is 9.40. The van der Waals surface area contributed by atoms with Crippen LogP contribution in [0.25, 0.3) is 0 Å². The predicted molar refractivity (Wildman–Crippen MR) is 86.5 cm³/mol. The molecule has 0 saturated carbocycles. The van der Waals surface area contributed by atoms with Gasteiger partial charge in [0.1, 0.15) is 5.82 Å². The van der Waals surface area contributed by atoms with Gasteiger partial charge in [-0.1, -0.05) is 25.4 Å². The second-order valence-corrected chi connectivity index (χ2v) is 7.15. The maximum absolute atomic E-state index is 6.45. The molecule has 0 unspecified atom stereocenters. The summed E-state index contributed by atoms with van der Waals surface area (Å²) in [5.74, 6) is 1.59. The Balaban J connectivity index is 2.06. The molecule has 1 aliphatic rings. The summed E-state index contributed by atoms with van der Waals surface area (Å²) in [6, 6.07) is 2.05. The third kappa shape index (κ3) is 3.64. The van der Waals surface area contributed by atoms with Crippen molar-refractivity contribution in [3.63, 3.8) is 0 Å². The molecular formula is C16H26ClN3. The summed E-state index contributed by atoms with van der Waals surface area (Å²) in [5.41, 5.74) is 1.31. The molecule has 20 heavy (non-hydrogen) atoms. The average molecular weight is 296 g/mol. The normalized spacial score (nSPS) is 18.0. The van der Waals surface area contributed by atoms with Crippen molar-refractivity contribution in [2.75, 3.05) is 18.0 Å². The Labute approximate surface area is 127 Å². The van der Waals surface area contributed by atoms with E-state index in [9.17, 15) is 0 Å². The fourth-order valence-electron chi connectivity index (χ4n) is 2.77. The van der Waals surface area contributed by atoms with Crippen LogP contribution in [0.1, 0.15) is 46.1 Å². The van der Waals surface area contributed by atoms with Gasteiger partial charge in [0.2, 0.25) is 0 Å². The predicted octanol–water partition coefficient (Wildman–Crippen LogP) is 3.86. The zero-order valence-corrected chi connectivity index (χ0v) is 13.8. The minimum absolute atomic E-state index is 0.161. The smallest absolute Gasteiger partial charge is 0.147 e. The van der Waals surface area contributed by atoms with Crippen LogP contribution in [0.5, 0.6) is 0 Å². The molecule has 3 nitrogen and oxygen atoms in total. The van der Waals surface area contributed by atoms with Gasteiger partial charge in [-0.25, -0.2) is 4.98 Å². The van der Waals surface area contributed by atoms with E-state index in [0.29, 0.717) is 5.92 Å². The van der Waals surface area contributed by atoms with Gasteiger partial charge in [-0.05, 0) is 50.8 Å². The lowest BCUT2D eigenvalue weighted by molar-refractivity contribution is 0.514. The maximum Gasteiger partial charge on any atom is 0.147 e. The van der Waals surface area contributed by atoms with Crippen LogP contribution in [0, 0.1) is 5.92 Å². The molecule has 0 atom stereocenters. The average Bonchev–Trinajstić information content (AvgIpc) is 2.69. The van der Waals surface area contributed by atoms with Gasteiger partial charge in [-0.2, -0.15) is 0 Å². The van der Waals surface area contributed by atoms with Gasteiger partial charge < -0.3 is 10.2 Å². The molecule has 0 radical (unpaired) electrons. The van der Waals surface area contributed by atoms with E-state index >= 15 is 0 Å². The highest BCUT2D eigenvalue weighted by atomic mass is 35.5. The van der Waals surface area contributed by atoms with Crippen LogP contribution in [0.2, 0.25) is 5.02 Å². The summed E-state index contributed by atoms with van der Waals surface area (Å²) in [6.45, 7) is 11.8. The van der Waals surface area contributed by atoms with Crippen LogP contribution in [-0.4, -0.2) is 23.6 Å². The van der Waals surface area contributed by atoms with E-state index in [4.69, 9.17) is 11.6 Å². The largest absolute Gasteiger partial charge is 0.350 e. The molecule has 112 valence electrons. The molecule has 2 heterocycles. The molecular weight excluding hydrogens is 270 g/mol. The minimum Gasteiger partial charge on any atom is -0.350 e. The Kier molecular flexibility index (Phi) is 4.92. The Bertz CT molecular complexity index is 457. The van der Waals surface area contributed by atoms with Crippen molar-refractivity contribution in [3.8, 4) is 0 Å². The van der Waals surface area contributed by atoms with E-state index in [2.05, 4.69) is 42.9 Å². The van der Waals surface area contributed by atoms with Crippen LogP contribution in [0.15, 0.2) is 12.3 Å². The van der Waals surface area contributed by atoms with E-state index in [0.717, 1.165) is 36.0 Å². The van der Waals surface area contributed by atoms with Crippen molar-refractivity contribution in [1.82, 2.24) is 10.3 Å². The van der Waals surface area contributed by atoms with Gasteiger partial charge in [0.05, 0.1) is 5.02 Å². The molecule has 0 aliphatic carbocycles. The highest BCUT2D eigenvalue weighted by Crippen LogP contribution is 2.36. The molecule has 0 aromatic carbocycles. The zero-order chi connectivity index (χ0) is 14.8. The van der Waals surface area contributed by atoms with Gasteiger partial charge in [0.15, 0.2) is 0 Å². The number of aromatic nitrogens is 1. The Morgan fingerprint density at radius 3 is 2.75 bits per heavy atom. The van der Waals surface area contributed by atoms with Crippen molar-refractivity contribution in [1.29, 1.82) is 0 Å². The first-order valence-corrected chi connectivity index (χ1v) is 7.91. The SMILES string of the molecule is CC(C)CNCc1cnc(N2CCCC2(C)C)c(Cl)c1. The standard InChI is InChI=1S/C16H26ClN3/c1-12(2)9-18-10-13-8-14(17)15(19-11-13)20-7-5-6-16(20,3)4/h8,11-12,18H,5-7,9-10H2,1-4H3. The van der Waals surface area contributed by atoms with Gasteiger partial charge >= 0.3 is 0 Å². The van der Waals surface area contributed by atoms with E-state index in [1.807, 2.05) is 12.3 Å². The van der Waals surface area contributed by atoms with E-state index in [-0.39, 0.29) is 5.54 Å². The van der Waals surface area contributed by atoms with Crippen molar-refractivity contribution in [3.05, 3.63) is 22.8 Å². The van der Waals surface area contributed by atoms with Gasteiger partial charge in [-0.3, -0.25) is 0 Å². The Morgan fingerprint density at radius 2 is 2.20 bits per heavy atom. The molecule has 1 aromatic rings. The molecule has 1 fully saturated rings. The van der Waals surface area contributed by atoms with Crippen LogP contribution in [0.3, 0.4) is 0 Å². The van der Waals surface area contributed by atoms with Crippen LogP contribution in [0.4, 0.5) is 5.82 Å². The zero-order valence-electron chi connectivity index (χ0n) is 13.0. The molecule has 1 aromatic heterocycles. The number of anilines is 1.